The normalized spacial score (nSPS) is 13.9. The van der Waals surface area contributed by atoms with Crippen LogP contribution >= 0.6 is 0 Å². The standard InChI is InChI=1S/C14H17FN2O3/c1-9-4-11(15)6-12(5-9)16-14(20)17(8-13(18)19)7-10-2-3-10/h4-6,10H,2-3,7-8H2,1H3,(H,16,20)(H,18,19). The zero-order chi connectivity index (χ0) is 14.7. The van der Waals surface area contributed by atoms with Gasteiger partial charge in [0.05, 0.1) is 0 Å². The molecule has 0 bridgehead atoms. The number of nitrogens with one attached hydrogen (secondary N) is 1. The maximum atomic E-state index is 13.3. The summed E-state index contributed by atoms with van der Waals surface area (Å²) in [6.07, 6.45) is 2.03. The van der Waals surface area contributed by atoms with Gasteiger partial charge in [-0.2, -0.15) is 0 Å². The van der Waals surface area contributed by atoms with Crippen LogP contribution in [0.1, 0.15) is 18.4 Å². The zero-order valence-electron chi connectivity index (χ0n) is 11.2. The molecule has 0 heterocycles. The van der Waals surface area contributed by atoms with Crippen molar-refractivity contribution in [1.29, 1.82) is 0 Å². The second kappa shape index (κ2) is 5.90. The number of urea groups is 1. The van der Waals surface area contributed by atoms with Crippen LogP contribution in [0.5, 0.6) is 0 Å². The number of benzene rings is 1. The maximum Gasteiger partial charge on any atom is 0.323 e. The molecule has 1 aliphatic rings. The first-order valence-electron chi connectivity index (χ1n) is 6.49. The molecule has 0 saturated heterocycles. The highest BCUT2D eigenvalue weighted by Crippen LogP contribution is 2.29. The van der Waals surface area contributed by atoms with E-state index >= 15 is 0 Å². The fourth-order valence-electron chi connectivity index (χ4n) is 2.01. The molecule has 1 saturated carbocycles. The molecule has 1 fully saturated rings. The van der Waals surface area contributed by atoms with Crippen molar-refractivity contribution >= 4 is 17.7 Å². The van der Waals surface area contributed by atoms with Gasteiger partial charge in [-0.25, -0.2) is 9.18 Å². The number of rotatable bonds is 5. The fourth-order valence-corrected chi connectivity index (χ4v) is 2.01. The summed E-state index contributed by atoms with van der Waals surface area (Å²) in [6, 6.07) is 3.69. The van der Waals surface area contributed by atoms with Crippen LogP contribution in [0.4, 0.5) is 14.9 Å². The molecule has 2 amide bonds. The molecule has 2 N–H and O–H groups in total. The van der Waals surface area contributed by atoms with Gasteiger partial charge in [0, 0.05) is 12.2 Å². The van der Waals surface area contributed by atoms with E-state index in [1.165, 1.54) is 17.0 Å². The molecule has 108 valence electrons. The Kier molecular flexibility index (Phi) is 4.22. The van der Waals surface area contributed by atoms with Gasteiger partial charge in [-0.15, -0.1) is 0 Å². The summed E-state index contributed by atoms with van der Waals surface area (Å²) < 4.78 is 13.3. The zero-order valence-corrected chi connectivity index (χ0v) is 11.2. The SMILES string of the molecule is Cc1cc(F)cc(NC(=O)N(CC(=O)O)CC2CC2)c1. The smallest absolute Gasteiger partial charge is 0.323 e. The Morgan fingerprint density at radius 1 is 1.40 bits per heavy atom. The third-order valence-electron chi connectivity index (χ3n) is 3.08. The van der Waals surface area contributed by atoms with Crippen LogP contribution in [0.3, 0.4) is 0 Å². The Balaban J connectivity index is 2.04. The number of carbonyl (C=O) groups excluding carboxylic acids is 1. The van der Waals surface area contributed by atoms with E-state index in [-0.39, 0.29) is 6.54 Å². The summed E-state index contributed by atoms with van der Waals surface area (Å²) in [5.41, 5.74) is 1.02. The molecule has 0 unspecified atom stereocenters. The summed E-state index contributed by atoms with van der Waals surface area (Å²) >= 11 is 0. The second-order valence-electron chi connectivity index (χ2n) is 5.17. The molecule has 2 rings (SSSR count). The van der Waals surface area contributed by atoms with E-state index in [4.69, 9.17) is 5.11 Å². The van der Waals surface area contributed by atoms with Crippen molar-refractivity contribution in [2.24, 2.45) is 5.92 Å². The number of halogens is 1. The molecule has 5 nitrogen and oxygen atoms in total. The lowest BCUT2D eigenvalue weighted by atomic mass is 10.2. The van der Waals surface area contributed by atoms with Gasteiger partial charge in [0.25, 0.3) is 0 Å². The Labute approximate surface area is 116 Å². The highest BCUT2D eigenvalue weighted by Gasteiger charge is 2.28. The van der Waals surface area contributed by atoms with Crippen molar-refractivity contribution < 1.29 is 19.1 Å². The van der Waals surface area contributed by atoms with Gasteiger partial charge in [0.1, 0.15) is 12.4 Å². The van der Waals surface area contributed by atoms with Crippen LogP contribution in [-0.4, -0.2) is 35.1 Å². The molecule has 6 heteroatoms. The van der Waals surface area contributed by atoms with Crippen molar-refractivity contribution in [1.82, 2.24) is 4.90 Å². The number of carbonyl (C=O) groups is 2. The molecule has 0 atom stereocenters. The van der Waals surface area contributed by atoms with Crippen LogP contribution in [-0.2, 0) is 4.79 Å². The largest absolute Gasteiger partial charge is 0.480 e. The minimum atomic E-state index is -1.06. The number of carboxylic acids is 1. The molecule has 0 radical (unpaired) electrons. The van der Waals surface area contributed by atoms with E-state index in [9.17, 15) is 14.0 Å². The number of carboxylic acid groups (broad SMARTS) is 1. The molecule has 1 aromatic carbocycles. The number of nitrogens with zero attached hydrogens (tertiary/aromatic N) is 1. The van der Waals surface area contributed by atoms with Gasteiger partial charge in [-0.1, -0.05) is 0 Å². The Morgan fingerprint density at radius 3 is 2.65 bits per heavy atom. The molecule has 1 aliphatic carbocycles. The van der Waals surface area contributed by atoms with Crippen molar-refractivity contribution in [2.75, 3.05) is 18.4 Å². The molecular weight excluding hydrogens is 263 g/mol. The minimum absolute atomic E-state index is 0.332. The number of anilines is 1. The topological polar surface area (TPSA) is 69.6 Å². The van der Waals surface area contributed by atoms with Crippen molar-refractivity contribution in [3.63, 3.8) is 0 Å². The molecule has 20 heavy (non-hydrogen) atoms. The summed E-state index contributed by atoms with van der Waals surface area (Å²) in [5, 5.41) is 11.4. The summed E-state index contributed by atoms with van der Waals surface area (Å²) in [6.45, 7) is 1.79. The quantitative estimate of drug-likeness (QED) is 0.870. The Bertz CT molecular complexity index is 509. The Hall–Kier alpha value is -2.11. The van der Waals surface area contributed by atoms with Gasteiger partial charge >= 0.3 is 12.0 Å². The number of amides is 2. The minimum Gasteiger partial charge on any atom is -0.480 e. The third kappa shape index (κ3) is 4.22. The summed E-state index contributed by atoms with van der Waals surface area (Å²) in [7, 11) is 0. The van der Waals surface area contributed by atoms with E-state index in [1.54, 1.807) is 13.0 Å². The number of aliphatic carboxylic acids is 1. The van der Waals surface area contributed by atoms with Crippen LogP contribution in [0.15, 0.2) is 18.2 Å². The number of hydrogen-bond donors (Lipinski definition) is 2. The van der Waals surface area contributed by atoms with E-state index < -0.39 is 17.8 Å². The average molecular weight is 280 g/mol. The van der Waals surface area contributed by atoms with E-state index in [2.05, 4.69) is 5.32 Å². The Morgan fingerprint density at radius 2 is 2.10 bits per heavy atom. The monoisotopic (exact) mass is 280 g/mol. The lowest BCUT2D eigenvalue weighted by molar-refractivity contribution is -0.137. The highest BCUT2D eigenvalue weighted by molar-refractivity contribution is 5.91. The number of aryl methyl sites for hydroxylation is 1. The van der Waals surface area contributed by atoms with Crippen LogP contribution in [0, 0.1) is 18.7 Å². The van der Waals surface area contributed by atoms with Crippen LogP contribution < -0.4 is 5.32 Å². The van der Waals surface area contributed by atoms with Gasteiger partial charge in [0.2, 0.25) is 0 Å². The fraction of sp³-hybridized carbons (Fsp3) is 0.429. The second-order valence-corrected chi connectivity index (χ2v) is 5.17. The van der Waals surface area contributed by atoms with Gasteiger partial charge in [-0.05, 0) is 49.4 Å². The van der Waals surface area contributed by atoms with Crippen molar-refractivity contribution in [3.05, 3.63) is 29.6 Å². The molecule has 0 aliphatic heterocycles. The maximum absolute atomic E-state index is 13.3. The number of hydrogen-bond acceptors (Lipinski definition) is 2. The third-order valence-corrected chi connectivity index (χ3v) is 3.08. The first-order chi connectivity index (χ1) is 9.44. The molecule has 1 aromatic rings. The lowest BCUT2D eigenvalue weighted by Crippen LogP contribution is -2.40. The predicted molar refractivity (Wildman–Crippen MR) is 72.1 cm³/mol. The summed E-state index contributed by atoms with van der Waals surface area (Å²) in [4.78, 5) is 24.1. The molecule has 0 spiro atoms. The first kappa shape index (κ1) is 14.3. The van der Waals surface area contributed by atoms with Gasteiger partial charge in [0.15, 0.2) is 0 Å². The van der Waals surface area contributed by atoms with Crippen LogP contribution in [0.25, 0.3) is 0 Å². The average Bonchev–Trinajstić information content (AvgIpc) is 3.09. The lowest BCUT2D eigenvalue weighted by Gasteiger charge is -2.21. The molecular formula is C14H17FN2O3. The predicted octanol–water partition coefficient (Wildman–Crippen LogP) is 2.46. The van der Waals surface area contributed by atoms with E-state index in [0.717, 1.165) is 12.8 Å². The summed E-state index contributed by atoms with van der Waals surface area (Å²) in [5.74, 6) is -1.11. The van der Waals surface area contributed by atoms with Gasteiger partial charge in [-0.3, -0.25) is 4.79 Å². The van der Waals surface area contributed by atoms with Crippen molar-refractivity contribution in [3.8, 4) is 0 Å². The van der Waals surface area contributed by atoms with Gasteiger partial charge < -0.3 is 15.3 Å². The highest BCUT2D eigenvalue weighted by atomic mass is 19.1. The first-order valence-corrected chi connectivity index (χ1v) is 6.49. The van der Waals surface area contributed by atoms with E-state index in [0.29, 0.717) is 23.7 Å². The van der Waals surface area contributed by atoms with E-state index in [1.807, 2.05) is 0 Å². The molecule has 0 aromatic heterocycles. The van der Waals surface area contributed by atoms with Crippen molar-refractivity contribution in [2.45, 2.75) is 19.8 Å². The van der Waals surface area contributed by atoms with Crippen LogP contribution in [0.2, 0.25) is 0 Å².